The van der Waals surface area contributed by atoms with E-state index < -0.39 is 17.5 Å². The highest BCUT2D eigenvalue weighted by atomic mass is 32.2. The largest absolute Gasteiger partial charge is 0.363 e. The quantitative estimate of drug-likeness (QED) is 0.545. The smallest absolute Gasteiger partial charge is 0.333 e. The van der Waals surface area contributed by atoms with Crippen LogP contribution in [0.2, 0.25) is 0 Å². The maximum atomic E-state index is 14.1. The van der Waals surface area contributed by atoms with Gasteiger partial charge in [0.2, 0.25) is 0 Å². The van der Waals surface area contributed by atoms with Crippen molar-refractivity contribution in [3.05, 3.63) is 74.3 Å². The van der Waals surface area contributed by atoms with Crippen LogP contribution in [0.4, 0.5) is 4.39 Å². The summed E-state index contributed by atoms with van der Waals surface area (Å²) in [5.74, 6) is 1.11. The monoisotopic (exact) mass is 538 g/mol. The summed E-state index contributed by atoms with van der Waals surface area (Å²) in [5.41, 5.74) is 1.46. The number of hydrogen-bond acceptors (Lipinski definition) is 6. The first-order valence-electron chi connectivity index (χ1n) is 13.4. The van der Waals surface area contributed by atoms with Gasteiger partial charge in [0.1, 0.15) is 11.5 Å². The minimum absolute atomic E-state index is 0.0648. The van der Waals surface area contributed by atoms with E-state index in [1.165, 1.54) is 10.6 Å². The third kappa shape index (κ3) is 4.68. The van der Waals surface area contributed by atoms with E-state index >= 15 is 0 Å². The first kappa shape index (κ1) is 25.3. The molecular formula is C28H31FN4O4S. The molecule has 1 aromatic carbocycles. The maximum Gasteiger partial charge on any atom is 0.333 e. The number of nitrogens with zero attached hydrogens (tertiary/aromatic N) is 3. The van der Waals surface area contributed by atoms with Crippen LogP contribution >= 0.6 is 11.8 Å². The molecule has 3 aliphatic rings. The number of amides is 1. The Morgan fingerprint density at radius 1 is 1.03 bits per heavy atom. The van der Waals surface area contributed by atoms with Crippen molar-refractivity contribution in [2.45, 2.75) is 69.2 Å². The maximum absolute atomic E-state index is 14.1. The normalized spacial score (nSPS) is 24.2. The number of thioether (sulfide) groups is 1. The van der Waals surface area contributed by atoms with E-state index in [1.807, 2.05) is 36.0 Å². The van der Waals surface area contributed by atoms with Crippen LogP contribution in [-0.2, 0) is 16.0 Å². The molecule has 1 N–H and O–H groups in total. The second kappa shape index (κ2) is 10.6. The molecule has 1 amide bonds. The van der Waals surface area contributed by atoms with Gasteiger partial charge in [-0.2, -0.15) is 11.8 Å². The Bertz CT molecular complexity index is 1470. The number of fused-ring (bicyclic) bond motifs is 2. The number of aromatic nitrogens is 3. The van der Waals surface area contributed by atoms with Gasteiger partial charge in [0.25, 0.3) is 11.5 Å². The van der Waals surface area contributed by atoms with Crippen molar-refractivity contribution in [1.82, 2.24) is 19.4 Å². The van der Waals surface area contributed by atoms with E-state index in [-0.39, 0.29) is 40.8 Å². The van der Waals surface area contributed by atoms with Crippen LogP contribution < -0.4 is 16.6 Å². The second-order valence-electron chi connectivity index (χ2n) is 10.4. The lowest BCUT2D eigenvalue weighted by Gasteiger charge is -2.33. The molecule has 4 heterocycles. The van der Waals surface area contributed by atoms with E-state index in [1.54, 1.807) is 4.57 Å². The Morgan fingerprint density at radius 2 is 1.76 bits per heavy atom. The van der Waals surface area contributed by atoms with Crippen LogP contribution in [0.25, 0.3) is 11.0 Å². The predicted octanol–water partition coefficient (Wildman–Crippen LogP) is 3.68. The zero-order valence-electron chi connectivity index (χ0n) is 21.1. The van der Waals surface area contributed by atoms with Gasteiger partial charge in [-0.05, 0) is 73.6 Å². The summed E-state index contributed by atoms with van der Waals surface area (Å²) in [5, 5.41) is 3.28. The Balaban J connectivity index is 1.23. The fraction of sp³-hybridized carbons (Fsp3) is 0.500. The molecule has 0 bridgehead atoms. The van der Waals surface area contributed by atoms with Gasteiger partial charge >= 0.3 is 5.69 Å². The fourth-order valence-corrected chi connectivity index (χ4v) is 7.25. The van der Waals surface area contributed by atoms with Gasteiger partial charge < -0.3 is 10.1 Å². The van der Waals surface area contributed by atoms with Crippen LogP contribution in [0.15, 0.2) is 46.1 Å². The standard InChI is InChI=1S/C28H31FN4O4S/c29-18-15-23-25(30-16-18)32(21-10-13-38-14-11-21)28(36)33(27(23)35)20-7-5-19(6-8-20)31-26(34)24-22-4-2-1-3-17(22)9-12-37-24/h1-4,15-16,19-21,24H,5-14H2,(H,31,34). The van der Waals surface area contributed by atoms with Gasteiger partial charge in [-0.15, -0.1) is 0 Å². The molecule has 1 unspecified atom stereocenters. The SMILES string of the molecule is O=C(NC1CCC(n2c(=O)c3cc(F)cnc3n(C3CCSCC3)c2=O)CC1)C1OCCc2ccccc21. The van der Waals surface area contributed by atoms with Crippen molar-refractivity contribution < 1.29 is 13.9 Å². The molecule has 3 aromatic rings. The Hall–Kier alpha value is -2.98. The molecule has 0 spiro atoms. The van der Waals surface area contributed by atoms with E-state index in [0.29, 0.717) is 32.3 Å². The summed E-state index contributed by atoms with van der Waals surface area (Å²) in [6.45, 7) is 0.508. The van der Waals surface area contributed by atoms with Crippen molar-refractivity contribution in [3.8, 4) is 0 Å². The van der Waals surface area contributed by atoms with Crippen molar-refractivity contribution in [3.63, 3.8) is 0 Å². The van der Waals surface area contributed by atoms with Crippen molar-refractivity contribution in [2.75, 3.05) is 18.1 Å². The van der Waals surface area contributed by atoms with Crippen LogP contribution in [0, 0.1) is 5.82 Å². The van der Waals surface area contributed by atoms with Crippen LogP contribution in [0.5, 0.6) is 0 Å². The van der Waals surface area contributed by atoms with Gasteiger partial charge in [0.05, 0.1) is 18.2 Å². The van der Waals surface area contributed by atoms with Crippen LogP contribution in [0.1, 0.15) is 67.8 Å². The topological polar surface area (TPSA) is 95.2 Å². The van der Waals surface area contributed by atoms with Crippen molar-refractivity contribution in [2.24, 2.45) is 0 Å². The van der Waals surface area contributed by atoms with Crippen molar-refractivity contribution in [1.29, 1.82) is 0 Å². The van der Waals surface area contributed by atoms with Gasteiger partial charge in [0, 0.05) is 18.1 Å². The molecule has 1 aliphatic carbocycles. The Labute approximate surface area is 223 Å². The zero-order chi connectivity index (χ0) is 26.2. The summed E-state index contributed by atoms with van der Waals surface area (Å²) in [7, 11) is 0. The lowest BCUT2D eigenvalue weighted by atomic mass is 9.90. The minimum atomic E-state index is -0.621. The number of ether oxygens (including phenoxy) is 1. The van der Waals surface area contributed by atoms with E-state index in [4.69, 9.17) is 4.74 Å². The molecule has 6 rings (SSSR count). The summed E-state index contributed by atoms with van der Waals surface area (Å²) in [6, 6.07) is 8.62. The fourth-order valence-electron chi connectivity index (χ4n) is 6.17. The van der Waals surface area contributed by atoms with Gasteiger partial charge in [-0.3, -0.25) is 18.7 Å². The highest BCUT2D eigenvalue weighted by Gasteiger charge is 2.32. The second-order valence-corrected chi connectivity index (χ2v) is 11.6. The van der Waals surface area contributed by atoms with Gasteiger partial charge in [-0.1, -0.05) is 24.3 Å². The molecule has 0 radical (unpaired) electrons. The number of benzene rings is 1. The molecule has 10 heteroatoms. The zero-order valence-corrected chi connectivity index (χ0v) is 21.9. The highest BCUT2D eigenvalue weighted by molar-refractivity contribution is 7.99. The molecule has 1 saturated carbocycles. The first-order chi connectivity index (χ1) is 18.5. The predicted molar refractivity (Wildman–Crippen MR) is 144 cm³/mol. The van der Waals surface area contributed by atoms with E-state index in [2.05, 4.69) is 10.3 Å². The van der Waals surface area contributed by atoms with E-state index in [0.717, 1.165) is 48.1 Å². The minimum Gasteiger partial charge on any atom is -0.363 e. The Kier molecular flexibility index (Phi) is 7.09. The number of rotatable bonds is 4. The van der Waals surface area contributed by atoms with E-state index in [9.17, 15) is 18.8 Å². The molecule has 200 valence electrons. The molecule has 1 atom stereocenters. The average Bonchev–Trinajstić information content (AvgIpc) is 2.94. The van der Waals surface area contributed by atoms with Crippen LogP contribution in [-0.4, -0.2) is 44.2 Å². The molecule has 2 aliphatic heterocycles. The summed E-state index contributed by atoms with van der Waals surface area (Å²) < 4.78 is 22.9. The molecule has 8 nitrogen and oxygen atoms in total. The van der Waals surface area contributed by atoms with Gasteiger partial charge in [-0.25, -0.2) is 14.2 Å². The number of carbonyl (C=O) groups excluding carboxylic acids is 1. The average molecular weight is 539 g/mol. The van der Waals surface area contributed by atoms with Gasteiger partial charge in [0.15, 0.2) is 6.10 Å². The van der Waals surface area contributed by atoms with Crippen LogP contribution in [0.3, 0.4) is 0 Å². The summed E-state index contributed by atoms with van der Waals surface area (Å²) >= 11 is 1.85. The summed E-state index contributed by atoms with van der Waals surface area (Å²) in [4.78, 5) is 44.5. The molecule has 2 aromatic heterocycles. The molecule has 38 heavy (non-hydrogen) atoms. The first-order valence-corrected chi connectivity index (χ1v) is 14.6. The number of pyridine rings is 1. The third-order valence-electron chi connectivity index (χ3n) is 8.12. The lowest BCUT2D eigenvalue weighted by molar-refractivity contribution is -0.135. The highest BCUT2D eigenvalue weighted by Crippen LogP contribution is 2.31. The number of halogens is 1. The lowest BCUT2D eigenvalue weighted by Crippen LogP contribution is -2.47. The molecule has 2 fully saturated rings. The molecular weight excluding hydrogens is 507 g/mol. The van der Waals surface area contributed by atoms with Crippen molar-refractivity contribution >= 4 is 28.7 Å². The third-order valence-corrected chi connectivity index (χ3v) is 9.17. The number of nitrogens with one attached hydrogen (secondary N) is 1. The molecule has 1 saturated heterocycles. The number of carbonyl (C=O) groups is 1. The Morgan fingerprint density at radius 3 is 2.55 bits per heavy atom. The number of hydrogen-bond donors (Lipinski definition) is 1. The summed E-state index contributed by atoms with van der Waals surface area (Å²) in [6.07, 6.45) is 5.26.